The number of morpholine rings is 1. The molecule has 2 saturated heterocycles. The highest BCUT2D eigenvalue weighted by Crippen LogP contribution is 2.27. The molecule has 35 heavy (non-hydrogen) atoms. The molecule has 2 fully saturated rings. The molecule has 0 N–H and O–H groups in total. The van der Waals surface area contributed by atoms with Gasteiger partial charge in [0.05, 0.1) is 24.3 Å². The second-order valence-corrected chi connectivity index (χ2v) is 10.2. The molecule has 0 spiro atoms. The van der Waals surface area contributed by atoms with Crippen LogP contribution in [0.2, 0.25) is 0 Å². The zero-order valence-electron chi connectivity index (χ0n) is 20.8. The fourth-order valence-electron chi connectivity index (χ4n) is 5.53. The number of rotatable bonds is 6. The molecule has 6 nitrogen and oxygen atoms in total. The van der Waals surface area contributed by atoms with Crippen LogP contribution in [0.25, 0.3) is 11.3 Å². The van der Waals surface area contributed by atoms with E-state index in [0.29, 0.717) is 30.2 Å². The van der Waals surface area contributed by atoms with Gasteiger partial charge in [-0.05, 0) is 38.2 Å². The molecule has 5 rings (SSSR count). The van der Waals surface area contributed by atoms with Gasteiger partial charge >= 0.3 is 0 Å². The lowest BCUT2D eigenvalue weighted by molar-refractivity contribution is -0.0728. The number of hydrogen-bond acceptors (Lipinski definition) is 4. The van der Waals surface area contributed by atoms with Gasteiger partial charge in [-0.25, -0.2) is 0 Å². The smallest absolute Gasteiger partial charge is 0.257 e. The van der Waals surface area contributed by atoms with Crippen molar-refractivity contribution in [3.63, 3.8) is 0 Å². The Labute approximate surface area is 208 Å². The molecule has 2 atom stereocenters. The summed E-state index contributed by atoms with van der Waals surface area (Å²) in [6.45, 7) is 9.68. The molecule has 3 heterocycles. The Hall–Kier alpha value is -2.96. The van der Waals surface area contributed by atoms with E-state index in [0.717, 1.165) is 56.8 Å². The number of ether oxygens (including phenoxy) is 1. The number of likely N-dealkylation sites (tertiary alicyclic amines) is 1. The summed E-state index contributed by atoms with van der Waals surface area (Å²) in [6.07, 6.45) is 4.61. The van der Waals surface area contributed by atoms with Gasteiger partial charge in [-0.3, -0.25) is 14.4 Å². The van der Waals surface area contributed by atoms with Crippen LogP contribution in [0.4, 0.5) is 0 Å². The van der Waals surface area contributed by atoms with Gasteiger partial charge < -0.3 is 9.64 Å². The topological polar surface area (TPSA) is 50.6 Å². The zero-order valence-corrected chi connectivity index (χ0v) is 20.8. The van der Waals surface area contributed by atoms with Crippen molar-refractivity contribution in [2.45, 2.75) is 45.4 Å². The van der Waals surface area contributed by atoms with Crippen molar-refractivity contribution in [1.29, 1.82) is 0 Å². The van der Waals surface area contributed by atoms with E-state index in [1.807, 2.05) is 64.3 Å². The van der Waals surface area contributed by atoms with Gasteiger partial charge in [0.15, 0.2) is 0 Å². The van der Waals surface area contributed by atoms with Crippen LogP contribution in [0.5, 0.6) is 0 Å². The van der Waals surface area contributed by atoms with Gasteiger partial charge in [-0.15, -0.1) is 0 Å². The van der Waals surface area contributed by atoms with Gasteiger partial charge in [-0.1, -0.05) is 60.7 Å². The van der Waals surface area contributed by atoms with Crippen LogP contribution in [0.15, 0.2) is 66.9 Å². The zero-order chi connectivity index (χ0) is 24.2. The lowest BCUT2D eigenvalue weighted by Crippen LogP contribution is -2.48. The summed E-state index contributed by atoms with van der Waals surface area (Å²) >= 11 is 0. The van der Waals surface area contributed by atoms with E-state index in [1.54, 1.807) is 0 Å². The standard InChI is InChI=1S/C29H36N4O2/c1-22-17-31(18-23(2)35-22)19-25-13-15-32(16-14-25)29(34)27-21-33(20-24-9-5-3-6-10-24)30-28(27)26-11-7-4-8-12-26/h3-12,21-23,25H,13-20H2,1-2H3. The Balaban J connectivity index is 1.28. The Bertz CT molecular complexity index is 1100. The van der Waals surface area contributed by atoms with Gasteiger partial charge in [-0.2, -0.15) is 5.10 Å². The quantitative estimate of drug-likeness (QED) is 0.528. The maximum absolute atomic E-state index is 13.7. The molecule has 0 saturated carbocycles. The highest BCUT2D eigenvalue weighted by atomic mass is 16.5. The van der Waals surface area contributed by atoms with Gasteiger partial charge in [0.25, 0.3) is 5.91 Å². The van der Waals surface area contributed by atoms with Crippen LogP contribution in [0.3, 0.4) is 0 Å². The van der Waals surface area contributed by atoms with Crippen LogP contribution in [-0.4, -0.2) is 70.4 Å². The Kier molecular flexibility index (Phi) is 7.30. The molecule has 1 amide bonds. The largest absolute Gasteiger partial charge is 0.373 e. The van der Waals surface area contributed by atoms with E-state index < -0.39 is 0 Å². The van der Waals surface area contributed by atoms with Gasteiger partial charge in [0, 0.05) is 44.5 Å². The third-order valence-corrected chi connectivity index (χ3v) is 7.14. The minimum absolute atomic E-state index is 0.0928. The Morgan fingerprint density at radius 3 is 2.23 bits per heavy atom. The minimum Gasteiger partial charge on any atom is -0.373 e. The molecule has 2 aromatic carbocycles. The van der Waals surface area contributed by atoms with Crippen molar-refractivity contribution < 1.29 is 9.53 Å². The minimum atomic E-state index is 0.0928. The van der Waals surface area contributed by atoms with Crippen molar-refractivity contribution in [3.05, 3.63) is 78.0 Å². The maximum atomic E-state index is 13.7. The summed E-state index contributed by atoms with van der Waals surface area (Å²) in [4.78, 5) is 18.3. The predicted molar refractivity (Wildman–Crippen MR) is 138 cm³/mol. The van der Waals surface area contributed by atoms with Crippen molar-refractivity contribution in [3.8, 4) is 11.3 Å². The normalized spacial score (nSPS) is 21.8. The van der Waals surface area contributed by atoms with Crippen LogP contribution < -0.4 is 0 Å². The monoisotopic (exact) mass is 472 g/mol. The summed E-state index contributed by atoms with van der Waals surface area (Å²) in [5.41, 5.74) is 3.61. The first kappa shape index (κ1) is 23.8. The molecule has 0 bridgehead atoms. The number of carbonyl (C=O) groups is 1. The van der Waals surface area contributed by atoms with Crippen molar-refractivity contribution in [2.75, 3.05) is 32.7 Å². The number of carbonyl (C=O) groups excluding carboxylic acids is 1. The van der Waals surface area contributed by atoms with Crippen LogP contribution in [-0.2, 0) is 11.3 Å². The maximum Gasteiger partial charge on any atom is 0.257 e. The lowest BCUT2D eigenvalue weighted by atomic mass is 9.95. The summed E-state index contributed by atoms with van der Waals surface area (Å²) in [7, 11) is 0. The lowest BCUT2D eigenvalue weighted by Gasteiger charge is -2.39. The Morgan fingerprint density at radius 1 is 0.943 bits per heavy atom. The average Bonchev–Trinajstić information content (AvgIpc) is 3.28. The summed E-state index contributed by atoms with van der Waals surface area (Å²) < 4.78 is 7.79. The second kappa shape index (κ2) is 10.8. The highest BCUT2D eigenvalue weighted by molar-refractivity contribution is 5.99. The number of piperidine rings is 1. The molecule has 0 radical (unpaired) electrons. The number of hydrogen-bond donors (Lipinski definition) is 0. The number of aromatic nitrogens is 2. The molecule has 0 aliphatic carbocycles. The summed E-state index contributed by atoms with van der Waals surface area (Å²) in [6, 6.07) is 20.3. The van der Waals surface area contributed by atoms with E-state index in [1.165, 1.54) is 5.56 Å². The van der Waals surface area contributed by atoms with Crippen LogP contribution >= 0.6 is 0 Å². The molecular formula is C29H36N4O2. The van der Waals surface area contributed by atoms with Gasteiger partial charge in [0.2, 0.25) is 0 Å². The Morgan fingerprint density at radius 2 is 1.57 bits per heavy atom. The van der Waals surface area contributed by atoms with E-state index in [-0.39, 0.29) is 5.91 Å². The first-order valence-corrected chi connectivity index (χ1v) is 12.9. The van der Waals surface area contributed by atoms with E-state index >= 15 is 0 Å². The molecular weight excluding hydrogens is 436 g/mol. The molecule has 184 valence electrons. The highest BCUT2D eigenvalue weighted by Gasteiger charge is 2.30. The first-order valence-electron chi connectivity index (χ1n) is 12.9. The van der Waals surface area contributed by atoms with E-state index in [4.69, 9.17) is 9.84 Å². The van der Waals surface area contributed by atoms with Crippen molar-refractivity contribution in [2.24, 2.45) is 5.92 Å². The third kappa shape index (κ3) is 5.82. The second-order valence-electron chi connectivity index (χ2n) is 10.2. The predicted octanol–water partition coefficient (Wildman–Crippen LogP) is 4.56. The fourth-order valence-corrected chi connectivity index (χ4v) is 5.53. The first-order chi connectivity index (χ1) is 17.0. The van der Waals surface area contributed by atoms with Gasteiger partial charge in [0.1, 0.15) is 5.69 Å². The average molecular weight is 473 g/mol. The molecule has 2 unspecified atom stereocenters. The number of benzene rings is 2. The third-order valence-electron chi connectivity index (χ3n) is 7.14. The number of nitrogens with zero attached hydrogens (tertiary/aromatic N) is 4. The molecule has 2 aliphatic heterocycles. The van der Waals surface area contributed by atoms with Crippen LogP contribution in [0, 0.1) is 5.92 Å². The van der Waals surface area contributed by atoms with Crippen molar-refractivity contribution >= 4 is 5.91 Å². The van der Waals surface area contributed by atoms with Crippen molar-refractivity contribution in [1.82, 2.24) is 19.6 Å². The molecule has 2 aliphatic rings. The molecule has 6 heteroatoms. The molecule has 3 aromatic rings. The summed E-state index contributed by atoms with van der Waals surface area (Å²) in [5, 5.41) is 4.85. The van der Waals surface area contributed by atoms with Crippen LogP contribution in [0.1, 0.15) is 42.6 Å². The molecule has 1 aromatic heterocycles. The number of amides is 1. The SMILES string of the molecule is CC1CN(CC2CCN(C(=O)c3cn(Cc4ccccc4)nc3-c3ccccc3)CC2)CC(C)O1. The van der Waals surface area contributed by atoms with E-state index in [2.05, 4.69) is 30.9 Å². The summed E-state index contributed by atoms with van der Waals surface area (Å²) in [5.74, 6) is 0.723. The fraction of sp³-hybridized carbons (Fsp3) is 0.448. The van der Waals surface area contributed by atoms with E-state index in [9.17, 15) is 4.79 Å².